The summed E-state index contributed by atoms with van der Waals surface area (Å²) < 4.78 is 11.2. The molecule has 1 amide bonds. The van der Waals surface area contributed by atoms with Gasteiger partial charge >= 0.3 is 0 Å². The lowest BCUT2D eigenvalue weighted by atomic mass is 10.1. The van der Waals surface area contributed by atoms with E-state index in [4.69, 9.17) is 9.47 Å². The van der Waals surface area contributed by atoms with E-state index in [-0.39, 0.29) is 5.91 Å². The van der Waals surface area contributed by atoms with Crippen LogP contribution in [0.25, 0.3) is 10.4 Å². The Morgan fingerprint density at radius 3 is 2.73 bits per heavy atom. The van der Waals surface area contributed by atoms with Crippen molar-refractivity contribution >= 4 is 33.7 Å². The number of ether oxygens (including phenoxy) is 2. The van der Waals surface area contributed by atoms with E-state index in [1.807, 2.05) is 30.3 Å². The lowest BCUT2D eigenvalue weighted by Crippen LogP contribution is -2.15. The summed E-state index contributed by atoms with van der Waals surface area (Å²) in [6.07, 6.45) is 2.35. The van der Waals surface area contributed by atoms with Crippen molar-refractivity contribution in [1.82, 2.24) is 10.2 Å². The number of amides is 1. The van der Waals surface area contributed by atoms with Crippen LogP contribution in [0.3, 0.4) is 0 Å². The van der Waals surface area contributed by atoms with E-state index in [2.05, 4.69) is 15.5 Å². The number of fused-ring (bicyclic) bond motifs is 1. The van der Waals surface area contributed by atoms with Gasteiger partial charge in [-0.3, -0.25) is 10.1 Å². The number of anilines is 1. The average Bonchev–Trinajstić information content (AvgIpc) is 3.21. The number of nitrogens with zero attached hydrogens (tertiary/aromatic N) is 2. The van der Waals surface area contributed by atoms with Crippen LogP contribution in [0.15, 0.2) is 30.3 Å². The van der Waals surface area contributed by atoms with E-state index in [1.165, 1.54) is 35.5 Å². The Hall–Kier alpha value is -2.45. The monoisotopic (exact) mass is 385 g/mol. The molecule has 1 fully saturated rings. The fourth-order valence-electron chi connectivity index (χ4n) is 2.75. The number of aromatic nitrogens is 2. The molecule has 132 valence electrons. The minimum atomic E-state index is -0.155. The lowest BCUT2D eigenvalue weighted by molar-refractivity contribution is 0.103. The Morgan fingerprint density at radius 1 is 1.04 bits per heavy atom. The Balaban J connectivity index is 1.33. The van der Waals surface area contributed by atoms with Gasteiger partial charge < -0.3 is 9.47 Å². The summed E-state index contributed by atoms with van der Waals surface area (Å²) in [6, 6.07) is 9.61. The summed E-state index contributed by atoms with van der Waals surface area (Å²) in [5.41, 5.74) is 1.00. The van der Waals surface area contributed by atoms with Crippen molar-refractivity contribution in [2.45, 2.75) is 18.8 Å². The third kappa shape index (κ3) is 3.06. The van der Waals surface area contributed by atoms with Crippen LogP contribution in [0, 0.1) is 0 Å². The van der Waals surface area contributed by atoms with Crippen LogP contribution < -0.4 is 14.8 Å². The van der Waals surface area contributed by atoms with Crippen LogP contribution in [0.1, 0.15) is 33.4 Å². The molecule has 0 bridgehead atoms. The molecule has 2 aromatic heterocycles. The van der Waals surface area contributed by atoms with Crippen molar-refractivity contribution in [2.75, 3.05) is 18.5 Å². The second-order valence-corrected chi connectivity index (χ2v) is 8.29. The molecule has 0 radical (unpaired) electrons. The fourth-order valence-corrected chi connectivity index (χ4v) is 4.56. The second kappa shape index (κ2) is 6.37. The van der Waals surface area contributed by atoms with E-state index < -0.39 is 0 Å². The van der Waals surface area contributed by atoms with Crippen molar-refractivity contribution < 1.29 is 14.3 Å². The quantitative estimate of drug-likeness (QED) is 0.730. The molecule has 3 aromatic rings. The summed E-state index contributed by atoms with van der Waals surface area (Å²) in [4.78, 5) is 14.1. The van der Waals surface area contributed by atoms with Crippen molar-refractivity contribution in [1.29, 1.82) is 0 Å². The number of rotatable bonds is 4. The highest BCUT2D eigenvalue weighted by atomic mass is 32.1. The Labute approximate surface area is 157 Å². The Kier molecular flexibility index (Phi) is 3.86. The highest BCUT2D eigenvalue weighted by molar-refractivity contribution is 7.18. The van der Waals surface area contributed by atoms with Gasteiger partial charge in [0.1, 0.15) is 18.2 Å². The number of carbonyl (C=O) groups is 1. The Bertz CT molecular complexity index is 978. The number of hydrogen-bond donors (Lipinski definition) is 1. The van der Waals surface area contributed by atoms with Gasteiger partial charge in [-0.2, -0.15) is 0 Å². The topological polar surface area (TPSA) is 73.3 Å². The van der Waals surface area contributed by atoms with Gasteiger partial charge in [-0.15, -0.1) is 21.5 Å². The molecule has 1 aliphatic carbocycles. The summed E-state index contributed by atoms with van der Waals surface area (Å²) in [5, 5.41) is 12.6. The van der Waals surface area contributed by atoms with Gasteiger partial charge in [-0.05, 0) is 48.7 Å². The van der Waals surface area contributed by atoms with Gasteiger partial charge in [-0.1, -0.05) is 11.3 Å². The summed E-state index contributed by atoms with van der Waals surface area (Å²) >= 11 is 2.90. The maximum Gasteiger partial charge on any atom is 0.267 e. The first-order chi connectivity index (χ1) is 12.8. The van der Waals surface area contributed by atoms with Crippen molar-refractivity contribution in [3.8, 4) is 21.9 Å². The van der Waals surface area contributed by atoms with Gasteiger partial charge in [0.2, 0.25) is 5.13 Å². The minimum Gasteiger partial charge on any atom is -0.486 e. The van der Waals surface area contributed by atoms with E-state index in [0.29, 0.717) is 29.1 Å². The maximum absolute atomic E-state index is 12.5. The standard InChI is InChI=1S/C18H15N3O3S2/c22-16(19-18-21-20-17(26-18)10-1-2-10)15-6-5-14(25-15)11-3-4-12-13(9-11)24-8-7-23-12/h3-6,9-10H,1-2,7-8H2,(H,19,21,22). The van der Waals surface area contributed by atoms with Gasteiger partial charge in [0.25, 0.3) is 5.91 Å². The van der Waals surface area contributed by atoms with Crippen LogP contribution in [-0.2, 0) is 0 Å². The average molecular weight is 385 g/mol. The van der Waals surface area contributed by atoms with Crippen molar-refractivity contribution in [3.63, 3.8) is 0 Å². The van der Waals surface area contributed by atoms with E-state index in [0.717, 1.165) is 26.9 Å². The zero-order chi connectivity index (χ0) is 17.5. The molecule has 0 saturated heterocycles. The number of nitrogens with one attached hydrogen (secondary N) is 1. The molecule has 0 spiro atoms. The van der Waals surface area contributed by atoms with Crippen molar-refractivity contribution in [3.05, 3.63) is 40.2 Å². The fraction of sp³-hybridized carbons (Fsp3) is 0.278. The maximum atomic E-state index is 12.5. The van der Waals surface area contributed by atoms with Crippen LogP contribution in [-0.4, -0.2) is 29.3 Å². The van der Waals surface area contributed by atoms with Gasteiger partial charge in [0, 0.05) is 10.8 Å². The molecule has 6 nitrogen and oxygen atoms in total. The molecule has 1 aliphatic heterocycles. The first kappa shape index (κ1) is 15.8. The predicted octanol–water partition coefficient (Wildman–Crippen LogP) is 4.17. The second-order valence-electron chi connectivity index (χ2n) is 6.20. The first-order valence-electron chi connectivity index (χ1n) is 8.41. The molecular weight excluding hydrogens is 370 g/mol. The van der Waals surface area contributed by atoms with Gasteiger partial charge in [0.15, 0.2) is 11.5 Å². The highest BCUT2D eigenvalue weighted by Crippen LogP contribution is 2.42. The van der Waals surface area contributed by atoms with Crippen LogP contribution in [0.4, 0.5) is 5.13 Å². The lowest BCUT2D eigenvalue weighted by Gasteiger charge is -2.18. The number of benzene rings is 1. The molecule has 3 heterocycles. The number of thiophene rings is 1. The molecule has 0 unspecified atom stereocenters. The van der Waals surface area contributed by atoms with E-state index >= 15 is 0 Å². The smallest absolute Gasteiger partial charge is 0.267 e. The predicted molar refractivity (Wildman–Crippen MR) is 101 cm³/mol. The van der Waals surface area contributed by atoms with Gasteiger partial charge in [-0.25, -0.2) is 0 Å². The molecule has 0 atom stereocenters. The third-order valence-electron chi connectivity index (χ3n) is 4.24. The summed E-state index contributed by atoms with van der Waals surface area (Å²) in [6.45, 7) is 1.13. The zero-order valence-electron chi connectivity index (χ0n) is 13.7. The molecule has 8 heteroatoms. The van der Waals surface area contributed by atoms with Crippen molar-refractivity contribution in [2.24, 2.45) is 0 Å². The molecular formula is C18H15N3O3S2. The van der Waals surface area contributed by atoms with Crippen LogP contribution >= 0.6 is 22.7 Å². The largest absolute Gasteiger partial charge is 0.486 e. The third-order valence-corrected chi connectivity index (χ3v) is 6.38. The summed E-state index contributed by atoms with van der Waals surface area (Å²) in [7, 11) is 0. The Morgan fingerprint density at radius 2 is 1.88 bits per heavy atom. The SMILES string of the molecule is O=C(Nc1nnc(C2CC2)s1)c1ccc(-c2ccc3c(c2)OCCO3)s1. The number of carbonyl (C=O) groups excluding carboxylic acids is 1. The molecule has 5 rings (SSSR count). The molecule has 1 N–H and O–H groups in total. The molecule has 26 heavy (non-hydrogen) atoms. The summed E-state index contributed by atoms with van der Waals surface area (Å²) in [5.74, 6) is 1.89. The van der Waals surface area contributed by atoms with Crippen LogP contribution in [0.5, 0.6) is 11.5 Å². The molecule has 2 aliphatic rings. The zero-order valence-corrected chi connectivity index (χ0v) is 15.4. The van der Waals surface area contributed by atoms with Gasteiger partial charge in [0.05, 0.1) is 4.88 Å². The molecule has 1 aromatic carbocycles. The van der Waals surface area contributed by atoms with E-state index in [1.54, 1.807) is 0 Å². The minimum absolute atomic E-state index is 0.155. The number of hydrogen-bond acceptors (Lipinski definition) is 7. The van der Waals surface area contributed by atoms with E-state index in [9.17, 15) is 4.79 Å². The highest BCUT2D eigenvalue weighted by Gasteiger charge is 2.28. The first-order valence-corrected chi connectivity index (χ1v) is 10.0. The van der Waals surface area contributed by atoms with Crippen LogP contribution in [0.2, 0.25) is 0 Å². The normalized spacial score (nSPS) is 15.7. The molecule has 1 saturated carbocycles.